The van der Waals surface area contributed by atoms with Crippen LogP contribution in [0, 0.1) is 0 Å². The summed E-state index contributed by atoms with van der Waals surface area (Å²) in [5.41, 5.74) is 2.00. The van der Waals surface area contributed by atoms with E-state index in [-0.39, 0.29) is 24.7 Å². The molecule has 11 nitrogen and oxygen atoms in total. The number of hydrogen-bond acceptors (Lipinski definition) is 10. The van der Waals surface area contributed by atoms with Gasteiger partial charge in [-0.3, -0.25) is 14.2 Å². The van der Waals surface area contributed by atoms with Crippen LogP contribution >= 0.6 is 11.3 Å². The van der Waals surface area contributed by atoms with Crippen molar-refractivity contribution in [2.45, 2.75) is 39.7 Å². The van der Waals surface area contributed by atoms with Crippen LogP contribution in [0.15, 0.2) is 75.7 Å². The molecule has 1 atom stereocenters. The van der Waals surface area contributed by atoms with Crippen molar-refractivity contribution in [1.29, 1.82) is 0 Å². The van der Waals surface area contributed by atoms with Crippen molar-refractivity contribution >= 4 is 40.1 Å². The molecule has 12 heteroatoms. The van der Waals surface area contributed by atoms with E-state index >= 15 is 0 Å². The maximum absolute atomic E-state index is 14.5. The van der Waals surface area contributed by atoms with Crippen molar-refractivity contribution in [3.05, 3.63) is 96.7 Å². The van der Waals surface area contributed by atoms with Gasteiger partial charge >= 0.3 is 5.97 Å². The number of aromatic nitrogens is 1. The zero-order valence-electron chi connectivity index (χ0n) is 28.7. The summed E-state index contributed by atoms with van der Waals surface area (Å²) in [4.78, 5) is 48.1. The molecule has 2 aliphatic heterocycles. The summed E-state index contributed by atoms with van der Waals surface area (Å²) in [6, 6.07) is 16.2. The largest absolute Gasteiger partial charge is 0.496 e. The Bertz CT molecular complexity index is 2110. The number of ether oxygens (including phenoxy) is 5. The maximum atomic E-state index is 14.5. The first-order chi connectivity index (χ1) is 24.4. The summed E-state index contributed by atoms with van der Waals surface area (Å²) in [6.45, 7) is 8.16. The summed E-state index contributed by atoms with van der Waals surface area (Å²) < 4.78 is 30.6. The molecule has 0 aliphatic carbocycles. The van der Waals surface area contributed by atoms with Crippen molar-refractivity contribution in [2.75, 3.05) is 53.2 Å². The van der Waals surface area contributed by atoms with Crippen LogP contribution in [0.2, 0.25) is 0 Å². The molecule has 0 bridgehead atoms. The highest BCUT2D eigenvalue weighted by molar-refractivity contribution is 7.07. The summed E-state index contributed by atoms with van der Waals surface area (Å²) in [6.07, 6.45) is 3.04. The lowest BCUT2D eigenvalue weighted by molar-refractivity contribution is -0.139. The molecule has 3 aromatic carbocycles. The van der Waals surface area contributed by atoms with Gasteiger partial charge in [0.1, 0.15) is 11.8 Å². The molecule has 1 saturated heterocycles. The highest BCUT2D eigenvalue weighted by Gasteiger charge is 2.37. The van der Waals surface area contributed by atoms with E-state index in [0.717, 1.165) is 17.2 Å². The molecule has 0 radical (unpaired) electrons. The molecular formula is C38H41N3O8S. The van der Waals surface area contributed by atoms with Gasteiger partial charge in [-0.2, -0.15) is 0 Å². The average molecular weight is 700 g/mol. The molecule has 262 valence electrons. The number of hydrogen-bond donors (Lipinski definition) is 0. The van der Waals surface area contributed by atoms with E-state index in [4.69, 9.17) is 28.7 Å². The molecule has 2 aliphatic rings. The summed E-state index contributed by atoms with van der Waals surface area (Å²) in [5, 5.41) is 1.80. The minimum atomic E-state index is -0.839. The fourth-order valence-electron chi connectivity index (χ4n) is 6.33. The Morgan fingerprint density at radius 3 is 2.50 bits per heavy atom. The first-order valence-electron chi connectivity index (χ1n) is 16.9. The SMILES string of the molecule is CCCC1=C(C(=O)OCC)[C@@H](c2c(OC)ccc3ccccc23)n2c(s/c(=C/c3ccc(OCC(=O)N4CCOCC4)c(OCC)c3)c2=O)=N1. The fourth-order valence-corrected chi connectivity index (χ4v) is 7.35. The number of fused-ring (bicyclic) bond motifs is 2. The van der Waals surface area contributed by atoms with Gasteiger partial charge in [0.05, 0.1) is 49.3 Å². The van der Waals surface area contributed by atoms with Crippen LogP contribution in [0.3, 0.4) is 0 Å². The van der Waals surface area contributed by atoms with Gasteiger partial charge in [-0.1, -0.05) is 61.1 Å². The Hall–Kier alpha value is -4.94. The van der Waals surface area contributed by atoms with Gasteiger partial charge in [0.15, 0.2) is 22.9 Å². The van der Waals surface area contributed by atoms with Crippen molar-refractivity contribution in [3.63, 3.8) is 0 Å². The Balaban J connectivity index is 1.46. The number of morpholine rings is 1. The number of esters is 1. The van der Waals surface area contributed by atoms with E-state index in [0.29, 0.717) is 88.3 Å². The van der Waals surface area contributed by atoms with Crippen molar-refractivity contribution in [2.24, 2.45) is 4.99 Å². The molecule has 1 aromatic heterocycles. The number of rotatable bonds is 12. The van der Waals surface area contributed by atoms with Crippen molar-refractivity contribution in [3.8, 4) is 17.2 Å². The van der Waals surface area contributed by atoms with E-state index in [9.17, 15) is 14.4 Å². The monoisotopic (exact) mass is 699 g/mol. The van der Waals surface area contributed by atoms with E-state index in [1.165, 1.54) is 11.3 Å². The highest BCUT2D eigenvalue weighted by atomic mass is 32.1. The van der Waals surface area contributed by atoms with Crippen LogP contribution in [-0.4, -0.2) is 74.6 Å². The minimum Gasteiger partial charge on any atom is -0.496 e. The summed E-state index contributed by atoms with van der Waals surface area (Å²) >= 11 is 1.25. The molecule has 0 spiro atoms. The molecule has 0 N–H and O–H groups in total. The maximum Gasteiger partial charge on any atom is 0.338 e. The summed E-state index contributed by atoms with van der Waals surface area (Å²) in [5.74, 6) is 0.795. The lowest BCUT2D eigenvalue weighted by Crippen LogP contribution is -2.43. The number of benzene rings is 3. The molecule has 50 heavy (non-hydrogen) atoms. The van der Waals surface area contributed by atoms with Gasteiger partial charge in [-0.25, -0.2) is 9.79 Å². The topological polar surface area (TPSA) is 118 Å². The Labute approximate surface area is 294 Å². The number of methoxy groups -OCH3 is 1. The smallest absolute Gasteiger partial charge is 0.338 e. The first kappa shape index (κ1) is 34.9. The van der Waals surface area contributed by atoms with E-state index in [2.05, 4.69) is 0 Å². The average Bonchev–Trinajstić information content (AvgIpc) is 3.44. The normalized spacial score (nSPS) is 16.2. The van der Waals surface area contributed by atoms with Gasteiger partial charge in [0, 0.05) is 18.7 Å². The Morgan fingerprint density at radius 1 is 0.980 bits per heavy atom. The Kier molecular flexibility index (Phi) is 11.0. The second kappa shape index (κ2) is 15.7. The third-order valence-electron chi connectivity index (χ3n) is 8.60. The third-order valence-corrected chi connectivity index (χ3v) is 9.58. The van der Waals surface area contributed by atoms with Crippen molar-refractivity contribution < 1.29 is 33.3 Å². The molecular weight excluding hydrogens is 658 g/mol. The predicted molar refractivity (Wildman–Crippen MR) is 191 cm³/mol. The van der Waals surface area contributed by atoms with Crippen LogP contribution in [0.5, 0.6) is 17.2 Å². The molecule has 4 aromatic rings. The number of carbonyl (C=O) groups is 2. The van der Waals surface area contributed by atoms with E-state index < -0.39 is 12.0 Å². The van der Waals surface area contributed by atoms with Gasteiger partial charge < -0.3 is 28.6 Å². The highest BCUT2D eigenvalue weighted by Crippen LogP contribution is 2.41. The minimum absolute atomic E-state index is 0.122. The van der Waals surface area contributed by atoms with E-state index in [1.54, 1.807) is 41.7 Å². The van der Waals surface area contributed by atoms with Gasteiger partial charge in [0.2, 0.25) is 0 Å². The van der Waals surface area contributed by atoms with Crippen LogP contribution in [0.25, 0.3) is 16.8 Å². The van der Waals surface area contributed by atoms with E-state index in [1.807, 2.05) is 56.3 Å². The molecule has 6 rings (SSSR count). The standard InChI is InChI=1S/C38H41N3O8S/c1-5-10-27-34(37(44)48-7-3)35(33-26-12-9-8-11-25(26)14-16-29(33)45-4)41-36(43)31(50-38(41)39-27)22-24-13-15-28(30(21-24)47-6-2)49-23-32(42)40-17-19-46-20-18-40/h8-9,11-16,21-22,35H,5-7,10,17-20,23H2,1-4H3/b31-22+/t35-/m1/s1. The quantitative estimate of drug-likeness (QED) is 0.200. The number of allylic oxidation sites excluding steroid dienone is 1. The molecule has 1 fully saturated rings. The zero-order chi connectivity index (χ0) is 35.2. The van der Waals surface area contributed by atoms with Crippen LogP contribution in [-0.2, 0) is 19.1 Å². The number of thiazole rings is 1. The van der Waals surface area contributed by atoms with Crippen LogP contribution in [0.1, 0.15) is 50.8 Å². The lowest BCUT2D eigenvalue weighted by atomic mass is 9.90. The van der Waals surface area contributed by atoms with Crippen LogP contribution < -0.4 is 29.1 Å². The van der Waals surface area contributed by atoms with Crippen LogP contribution in [0.4, 0.5) is 0 Å². The predicted octanol–water partition coefficient (Wildman–Crippen LogP) is 4.38. The first-order valence-corrected chi connectivity index (χ1v) is 17.7. The fraction of sp³-hybridized carbons (Fsp3) is 0.368. The second-order valence-corrected chi connectivity index (χ2v) is 12.7. The zero-order valence-corrected chi connectivity index (χ0v) is 29.5. The lowest BCUT2D eigenvalue weighted by Gasteiger charge is -2.28. The summed E-state index contributed by atoms with van der Waals surface area (Å²) in [7, 11) is 1.58. The molecule has 1 amide bonds. The van der Waals surface area contributed by atoms with Crippen molar-refractivity contribution in [1.82, 2.24) is 9.47 Å². The Morgan fingerprint density at radius 2 is 1.76 bits per heavy atom. The molecule has 0 unspecified atom stereocenters. The van der Waals surface area contributed by atoms with Gasteiger partial charge in [0.25, 0.3) is 11.5 Å². The molecule has 3 heterocycles. The van der Waals surface area contributed by atoms with Gasteiger partial charge in [-0.05, 0) is 60.9 Å². The molecule has 0 saturated carbocycles. The number of carbonyl (C=O) groups excluding carboxylic acids is 2. The second-order valence-electron chi connectivity index (χ2n) is 11.7. The van der Waals surface area contributed by atoms with Gasteiger partial charge in [-0.15, -0.1) is 0 Å². The number of nitrogens with zero attached hydrogens (tertiary/aromatic N) is 3. The number of amides is 1. The third kappa shape index (κ3) is 7.03.